The SMILES string of the molecule is COc1ccc2c(c1)C=C(C(=O)NCCCCN1CCN(c3cccc(C#N)c3)CC1)CS2. The van der Waals surface area contributed by atoms with Crippen molar-refractivity contribution in [2.45, 2.75) is 17.7 Å². The fraction of sp³-hybridized carbons (Fsp3) is 0.385. The monoisotopic (exact) mass is 462 g/mol. The molecule has 2 aliphatic rings. The van der Waals surface area contributed by atoms with Crippen LogP contribution in [0.1, 0.15) is 24.0 Å². The summed E-state index contributed by atoms with van der Waals surface area (Å²) >= 11 is 1.70. The maximum Gasteiger partial charge on any atom is 0.248 e. The van der Waals surface area contributed by atoms with E-state index in [0.29, 0.717) is 17.9 Å². The molecule has 0 unspecified atom stereocenters. The Hall–Kier alpha value is -2.95. The van der Waals surface area contributed by atoms with Crippen molar-refractivity contribution in [2.24, 2.45) is 0 Å². The quantitative estimate of drug-likeness (QED) is 0.603. The lowest BCUT2D eigenvalue weighted by Crippen LogP contribution is -2.46. The van der Waals surface area contributed by atoms with Gasteiger partial charge in [0.1, 0.15) is 5.75 Å². The van der Waals surface area contributed by atoms with Crippen LogP contribution in [0.5, 0.6) is 5.75 Å². The first-order valence-electron chi connectivity index (χ1n) is 11.4. The molecule has 6 nitrogen and oxygen atoms in total. The number of fused-ring (bicyclic) bond motifs is 1. The highest BCUT2D eigenvalue weighted by Crippen LogP contribution is 2.34. The number of hydrogen-bond donors (Lipinski definition) is 1. The van der Waals surface area contributed by atoms with Crippen LogP contribution in [-0.4, -0.2) is 62.9 Å². The lowest BCUT2D eigenvalue weighted by molar-refractivity contribution is -0.117. The zero-order chi connectivity index (χ0) is 23.0. The third kappa shape index (κ3) is 6.10. The van der Waals surface area contributed by atoms with Crippen molar-refractivity contribution in [2.75, 3.05) is 57.0 Å². The van der Waals surface area contributed by atoms with Crippen LogP contribution in [0.25, 0.3) is 6.08 Å². The Balaban J connectivity index is 1.15. The number of nitrogens with zero attached hydrogens (tertiary/aromatic N) is 3. The summed E-state index contributed by atoms with van der Waals surface area (Å²) < 4.78 is 5.30. The van der Waals surface area contributed by atoms with E-state index in [1.807, 2.05) is 42.5 Å². The molecule has 1 saturated heterocycles. The molecule has 2 heterocycles. The highest BCUT2D eigenvalue weighted by Gasteiger charge is 2.18. The van der Waals surface area contributed by atoms with Gasteiger partial charge >= 0.3 is 0 Å². The van der Waals surface area contributed by atoms with E-state index in [-0.39, 0.29) is 5.91 Å². The molecule has 0 spiro atoms. The zero-order valence-electron chi connectivity index (χ0n) is 19.0. The molecule has 2 aromatic carbocycles. The first kappa shape index (κ1) is 23.2. The number of anilines is 1. The molecule has 172 valence electrons. The number of rotatable bonds is 8. The second-order valence-electron chi connectivity index (χ2n) is 8.32. The normalized spacial score (nSPS) is 15.9. The minimum absolute atomic E-state index is 0.0317. The molecule has 1 amide bonds. The summed E-state index contributed by atoms with van der Waals surface area (Å²) in [5.41, 5.74) is 3.71. The van der Waals surface area contributed by atoms with E-state index in [9.17, 15) is 4.79 Å². The summed E-state index contributed by atoms with van der Waals surface area (Å²) in [6, 6.07) is 16.0. The number of amides is 1. The molecule has 33 heavy (non-hydrogen) atoms. The number of benzene rings is 2. The number of ether oxygens (including phenoxy) is 1. The Bertz CT molecular complexity index is 1050. The number of thioether (sulfide) groups is 1. The van der Waals surface area contributed by atoms with Gasteiger partial charge in [0.25, 0.3) is 0 Å². The number of hydrogen-bond acceptors (Lipinski definition) is 6. The summed E-state index contributed by atoms with van der Waals surface area (Å²) in [6.07, 6.45) is 4.02. The van der Waals surface area contributed by atoms with Crippen molar-refractivity contribution in [1.82, 2.24) is 10.2 Å². The third-order valence-electron chi connectivity index (χ3n) is 6.12. The number of carbonyl (C=O) groups excluding carboxylic acids is 1. The van der Waals surface area contributed by atoms with Gasteiger partial charge in [0, 0.05) is 54.6 Å². The topological polar surface area (TPSA) is 68.6 Å². The van der Waals surface area contributed by atoms with Crippen LogP contribution in [0.4, 0.5) is 5.69 Å². The van der Waals surface area contributed by atoms with E-state index in [0.717, 1.165) is 68.1 Å². The summed E-state index contributed by atoms with van der Waals surface area (Å²) in [5, 5.41) is 12.2. The van der Waals surface area contributed by atoms with Crippen molar-refractivity contribution < 1.29 is 9.53 Å². The minimum atomic E-state index is 0.0317. The smallest absolute Gasteiger partial charge is 0.248 e. The predicted molar refractivity (Wildman–Crippen MR) is 134 cm³/mol. The number of nitriles is 1. The number of nitrogens with one attached hydrogen (secondary N) is 1. The molecule has 0 radical (unpaired) electrons. The van der Waals surface area contributed by atoms with Crippen LogP contribution in [0.3, 0.4) is 0 Å². The standard InChI is InChI=1S/C26H30N4O2S/c1-32-24-7-8-25-21(17-24)16-22(19-33-25)26(31)28-9-2-3-10-29-11-13-30(14-12-29)23-6-4-5-20(15-23)18-27/h4-8,15-17H,2-3,9-14,19H2,1H3,(H,28,31). The summed E-state index contributed by atoms with van der Waals surface area (Å²) in [6.45, 7) is 5.75. The Morgan fingerprint density at radius 2 is 2.00 bits per heavy atom. The molecule has 1 N–H and O–H groups in total. The van der Waals surface area contributed by atoms with Crippen molar-refractivity contribution in [1.29, 1.82) is 5.26 Å². The molecule has 2 aromatic rings. The lowest BCUT2D eigenvalue weighted by Gasteiger charge is -2.36. The average Bonchev–Trinajstić information content (AvgIpc) is 2.88. The van der Waals surface area contributed by atoms with Gasteiger partial charge in [-0.05, 0) is 67.4 Å². The van der Waals surface area contributed by atoms with Gasteiger partial charge in [-0.1, -0.05) is 6.07 Å². The summed E-state index contributed by atoms with van der Waals surface area (Å²) in [5.74, 6) is 1.54. The molecule has 7 heteroatoms. The molecule has 1 fully saturated rings. The van der Waals surface area contributed by atoms with E-state index < -0.39 is 0 Å². The van der Waals surface area contributed by atoms with Crippen LogP contribution in [0.15, 0.2) is 52.9 Å². The van der Waals surface area contributed by atoms with Crippen molar-refractivity contribution in [3.05, 3.63) is 59.2 Å². The van der Waals surface area contributed by atoms with Gasteiger partial charge in [0.2, 0.25) is 5.91 Å². The second kappa shape index (κ2) is 11.3. The zero-order valence-corrected chi connectivity index (χ0v) is 19.9. The van der Waals surface area contributed by atoms with Gasteiger partial charge in [0.05, 0.1) is 18.7 Å². The average molecular weight is 463 g/mol. The van der Waals surface area contributed by atoms with E-state index in [2.05, 4.69) is 27.3 Å². The van der Waals surface area contributed by atoms with Gasteiger partial charge in [-0.15, -0.1) is 11.8 Å². The Morgan fingerprint density at radius 1 is 1.15 bits per heavy atom. The van der Waals surface area contributed by atoms with Gasteiger partial charge in [-0.2, -0.15) is 5.26 Å². The van der Waals surface area contributed by atoms with E-state index >= 15 is 0 Å². The Morgan fingerprint density at radius 3 is 2.79 bits per heavy atom. The molecule has 2 aliphatic heterocycles. The molecule has 4 rings (SSSR count). The van der Waals surface area contributed by atoms with E-state index in [1.54, 1.807) is 18.9 Å². The first-order valence-corrected chi connectivity index (χ1v) is 12.4. The molecule has 0 aromatic heterocycles. The van der Waals surface area contributed by atoms with Gasteiger partial charge in [0.15, 0.2) is 0 Å². The molecule has 0 atom stereocenters. The summed E-state index contributed by atoms with van der Waals surface area (Å²) in [4.78, 5) is 18.6. The predicted octanol–water partition coefficient (Wildman–Crippen LogP) is 3.77. The number of unbranched alkanes of at least 4 members (excludes halogenated alkanes) is 1. The van der Waals surface area contributed by atoms with Gasteiger partial charge in [-0.3, -0.25) is 9.69 Å². The van der Waals surface area contributed by atoms with Crippen molar-refractivity contribution >= 4 is 29.4 Å². The first-order chi connectivity index (χ1) is 16.2. The Labute approximate surface area is 200 Å². The Kier molecular flexibility index (Phi) is 7.92. The number of methoxy groups -OCH3 is 1. The van der Waals surface area contributed by atoms with Gasteiger partial charge in [-0.25, -0.2) is 0 Å². The summed E-state index contributed by atoms with van der Waals surface area (Å²) in [7, 11) is 1.66. The molecule has 0 bridgehead atoms. The third-order valence-corrected chi connectivity index (χ3v) is 7.26. The molecular weight excluding hydrogens is 432 g/mol. The fourth-order valence-electron chi connectivity index (χ4n) is 4.19. The maximum atomic E-state index is 12.6. The largest absolute Gasteiger partial charge is 0.497 e. The number of piperazine rings is 1. The number of carbonyl (C=O) groups is 1. The highest BCUT2D eigenvalue weighted by atomic mass is 32.2. The fourth-order valence-corrected chi connectivity index (χ4v) is 5.17. The van der Waals surface area contributed by atoms with E-state index in [1.165, 1.54) is 4.90 Å². The maximum absolute atomic E-state index is 12.6. The molecule has 0 aliphatic carbocycles. The molecule has 0 saturated carbocycles. The second-order valence-corrected chi connectivity index (χ2v) is 9.33. The van der Waals surface area contributed by atoms with Crippen LogP contribution < -0.4 is 15.0 Å². The van der Waals surface area contributed by atoms with Gasteiger partial charge < -0.3 is 15.0 Å². The van der Waals surface area contributed by atoms with Crippen LogP contribution >= 0.6 is 11.8 Å². The van der Waals surface area contributed by atoms with Crippen LogP contribution in [-0.2, 0) is 4.79 Å². The minimum Gasteiger partial charge on any atom is -0.497 e. The van der Waals surface area contributed by atoms with Crippen molar-refractivity contribution in [3.63, 3.8) is 0 Å². The van der Waals surface area contributed by atoms with Crippen LogP contribution in [0.2, 0.25) is 0 Å². The molecular formula is C26H30N4O2S. The highest BCUT2D eigenvalue weighted by molar-refractivity contribution is 7.99. The van der Waals surface area contributed by atoms with Crippen LogP contribution in [0, 0.1) is 11.3 Å². The van der Waals surface area contributed by atoms with Crippen molar-refractivity contribution in [3.8, 4) is 11.8 Å². The lowest BCUT2D eigenvalue weighted by atomic mass is 10.1. The van der Waals surface area contributed by atoms with E-state index in [4.69, 9.17) is 10.00 Å².